The topological polar surface area (TPSA) is 148 Å². The van der Waals surface area contributed by atoms with Gasteiger partial charge in [-0.05, 0) is 55.3 Å². The van der Waals surface area contributed by atoms with Crippen molar-refractivity contribution in [3.05, 3.63) is 82.3 Å². The van der Waals surface area contributed by atoms with Gasteiger partial charge in [-0.15, -0.1) is 0 Å². The molecule has 0 saturated carbocycles. The van der Waals surface area contributed by atoms with E-state index in [1.807, 2.05) is 18.7 Å². The second-order valence-corrected chi connectivity index (χ2v) is 7.67. The van der Waals surface area contributed by atoms with Crippen molar-refractivity contribution in [2.45, 2.75) is 26.1 Å². The standard InChI is InChI=1S/C23H28N4O4/c1-13-9-15(23(29)30)7-8-16(13)21-12-27(11-14(2)31-21)19(22(25)26)10-18(24)17-5-3-4-6-20(17)28/h3-10,14,21,28H,11-12,24-26H2,1-2H3,(H,29,30)/b18-10-. The van der Waals surface area contributed by atoms with E-state index in [4.69, 9.17) is 21.9 Å². The van der Waals surface area contributed by atoms with Crippen LogP contribution in [-0.4, -0.2) is 40.3 Å². The largest absolute Gasteiger partial charge is 0.507 e. The molecule has 2 aromatic carbocycles. The van der Waals surface area contributed by atoms with Crippen molar-refractivity contribution in [2.75, 3.05) is 13.1 Å². The molecule has 8 nitrogen and oxygen atoms in total. The molecule has 0 amide bonds. The first-order valence-electron chi connectivity index (χ1n) is 9.92. The first-order chi connectivity index (χ1) is 14.7. The minimum Gasteiger partial charge on any atom is -0.507 e. The summed E-state index contributed by atoms with van der Waals surface area (Å²) in [7, 11) is 0. The number of carboxylic acid groups (broad SMARTS) is 1. The molecule has 2 unspecified atom stereocenters. The van der Waals surface area contributed by atoms with Crippen molar-refractivity contribution in [2.24, 2.45) is 17.2 Å². The van der Waals surface area contributed by atoms with Crippen LogP contribution in [0.1, 0.15) is 40.1 Å². The van der Waals surface area contributed by atoms with Crippen molar-refractivity contribution in [1.29, 1.82) is 0 Å². The molecule has 1 saturated heterocycles. The van der Waals surface area contributed by atoms with Gasteiger partial charge in [0.15, 0.2) is 0 Å². The molecule has 8 heteroatoms. The number of ether oxygens (including phenoxy) is 1. The Labute approximate surface area is 181 Å². The number of morpholine rings is 1. The highest BCUT2D eigenvalue weighted by molar-refractivity contribution is 5.87. The summed E-state index contributed by atoms with van der Waals surface area (Å²) in [4.78, 5) is 13.2. The quantitative estimate of drug-likeness (QED) is 0.459. The molecule has 1 fully saturated rings. The molecule has 1 aliphatic rings. The lowest BCUT2D eigenvalue weighted by atomic mass is 9.98. The number of carboxylic acids is 1. The predicted molar refractivity (Wildman–Crippen MR) is 119 cm³/mol. The number of phenols is 1. The van der Waals surface area contributed by atoms with Gasteiger partial charge in [0.2, 0.25) is 0 Å². The number of aromatic carboxylic acids is 1. The van der Waals surface area contributed by atoms with Gasteiger partial charge in [-0.2, -0.15) is 0 Å². The van der Waals surface area contributed by atoms with Crippen LogP contribution in [-0.2, 0) is 4.74 Å². The molecular formula is C23H28N4O4. The minimum absolute atomic E-state index is 0.0635. The first kappa shape index (κ1) is 22.0. The van der Waals surface area contributed by atoms with Gasteiger partial charge in [-0.1, -0.05) is 18.2 Å². The highest BCUT2D eigenvalue weighted by atomic mass is 16.5. The van der Waals surface area contributed by atoms with Crippen LogP contribution in [0.4, 0.5) is 0 Å². The molecule has 3 rings (SSSR count). The number of para-hydroxylation sites is 1. The van der Waals surface area contributed by atoms with E-state index in [1.54, 1.807) is 48.5 Å². The van der Waals surface area contributed by atoms with Crippen LogP contribution >= 0.6 is 0 Å². The Morgan fingerprint density at radius 1 is 1.16 bits per heavy atom. The Bertz CT molecular complexity index is 1040. The Kier molecular flexibility index (Phi) is 6.41. The number of phenolic OH excluding ortho intramolecular Hbond substituents is 1. The fourth-order valence-corrected chi connectivity index (χ4v) is 3.79. The third-order valence-corrected chi connectivity index (χ3v) is 5.27. The summed E-state index contributed by atoms with van der Waals surface area (Å²) in [6.45, 7) is 4.80. The predicted octanol–water partition coefficient (Wildman–Crippen LogP) is 2.25. The van der Waals surface area contributed by atoms with Crippen LogP contribution in [0.5, 0.6) is 5.75 Å². The first-order valence-corrected chi connectivity index (χ1v) is 9.92. The second kappa shape index (κ2) is 9.01. The number of allylic oxidation sites excluding steroid dienone is 1. The highest BCUT2D eigenvalue weighted by Crippen LogP contribution is 2.31. The lowest BCUT2D eigenvalue weighted by Gasteiger charge is -2.39. The maximum atomic E-state index is 11.2. The molecule has 0 aromatic heterocycles. The number of aryl methyl sites for hydroxylation is 1. The van der Waals surface area contributed by atoms with E-state index in [2.05, 4.69) is 0 Å². The van der Waals surface area contributed by atoms with Crippen molar-refractivity contribution in [3.8, 4) is 5.75 Å². The summed E-state index contributed by atoms with van der Waals surface area (Å²) in [6, 6.07) is 11.7. The number of aromatic hydroxyl groups is 1. The molecule has 8 N–H and O–H groups in total. The molecule has 0 spiro atoms. The molecule has 31 heavy (non-hydrogen) atoms. The van der Waals surface area contributed by atoms with Gasteiger partial charge in [-0.25, -0.2) is 4.79 Å². The highest BCUT2D eigenvalue weighted by Gasteiger charge is 2.29. The molecule has 0 aliphatic carbocycles. The van der Waals surface area contributed by atoms with Crippen LogP contribution in [0, 0.1) is 6.92 Å². The molecule has 1 heterocycles. The Morgan fingerprint density at radius 2 is 1.87 bits per heavy atom. The smallest absolute Gasteiger partial charge is 0.335 e. The zero-order chi connectivity index (χ0) is 22.7. The van der Waals surface area contributed by atoms with Crippen LogP contribution in [0.25, 0.3) is 5.70 Å². The van der Waals surface area contributed by atoms with Gasteiger partial charge >= 0.3 is 5.97 Å². The zero-order valence-corrected chi connectivity index (χ0v) is 17.6. The van der Waals surface area contributed by atoms with Gasteiger partial charge in [-0.3, -0.25) is 0 Å². The lowest BCUT2D eigenvalue weighted by Crippen LogP contribution is -2.43. The van der Waals surface area contributed by atoms with Crippen molar-refractivity contribution in [3.63, 3.8) is 0 Å². The van der Waals surface area contributed by atoms with Gasteiger partial charge in [0.25, 0.3) is 0 Å². The van der Waals surface area contributed by atoms with E-state index in [-0.39, 0.29) is 29.3 Å². The SMILES string of the molecule is Cc1cc(C(=O)O)ccc1C1CN(C(/C=C(\N)c2ccccc2O)=C(N)N)CC(C)O1. The summed E-state index contributed by atoms with van der Waals surface area (Å²) in [5.41, 5.74) is 21.5. The van der Waals surface area contributed by atoms with Gasteiger partial charge in [0.1, 0.15) is 17.7 Å². The van der Waals surface area contributed by atoms with E-state index in [0.29, 0.717) is 30.0 Å². The number of hydrogen-bond donors (Lipinski definition) is 5. The third-order valence-electron chi connectivity index (χ3n) is 5.27. The van der Waals surface area contributed by atoms with Gasteiger partial charge in [0, 0.05) is 24.4 Å². The molecule has 1 aliphatic heterocycles. The van der Waals surface area contributed by atoms with Crippen LogP contribution in [0.3, 0.4) is 0 Å². The molecule has 2 atom stereocenters. The minimum atomic E-state index is -0.972. The van der Waals surface area contributed by atoms with Crippen LogP contribution in [0.15, 0.2) is 60.1 Å². The summed E-state index contributed by atoms with van der Waals surface area (Å²) in [6.07, 6.45) is 1.21. The van der Waals surface area contributed by atoms with Gasteiger partial charge < -0.3 is 37.1 Å². The fraction of sp³-hybridized carbons (Fsp3) is 0.261. The summed E-state index contributed by atoms with van der Waals surface area (Å²) >= 11 is 0. The Balaban J connectivity index is 1.92. The van der Waals surface area contributed by atoms with Crippen LogP contribution < -0.4 is 17.2 Å². The fourth-order valence-electron chi connectivity index (χ4n) is 3.79. The second-order valence-electron chi connectivity index (χ2n) is 7.67. The van der Waals surface area contributed by atoms with Crippen LogP contribution in [0.2, 0.25) is 0 Å². The number of rotatable bonds is 5. The van der Waals surface area contributed by atoms with E-state index >= 15 is 0 Å². The maximum Gasteiger partial charge on any atom is 0.335 e. The van der Waals surface area contributed by atoms with E-state index in [0.717, 1.165) is 11.1 Å². The number of benzene rings is 2. The normalized spacial score (nSPS) is 19.2. The summed E-state index contributed by atoms with van der Waals surface area (Å²) in [5, 5.41) is 19.3. The molecule has 0 radical (unpaired) electrons. The zero-order valence-electron chi connectivity index (χ0n) is 17.6. The van der Waals surface area contributed by atoms with Crippen molar-refractivity contribution < 1.29 is 19.7 Å². The number of carbonyl (C=O) groups is 1. The number of hydrogen-bond acceptors (Lipinski definition) is 7. The number of nitrogens with two attached hydrogens (primary N) is 3. The van der Waals surface area contributed by atoms with E-state index in [9.17, 15) is 15.0 Å². The lowest BCUT2D eigenvalue weighted by molar-refractivity contribution is -0.0686. The Hall–Kier alpha value is -3.65. The molecule has 0 bridgehead atoms. The third kappa shape index (κ3) is 4.92. The van der Waals surface area contributed by atoms with Crippen molar-refractivity contribution >= 4 is 11.7 Å². The van der Waals surface area contributed by atoms with E-state index in [1.165, 1.54) is 0 Å². The monoisotopic (exact) mass is 424 g/mol. The summed E-state index contributed by atoms with van der Waals surface area (Å²) in [5.74, 6) is -0.808. The average molecular weight is 425 g/mol. The number of nitrogens with zero attached hydrogens (tertiary/aromatic N) is 1. The maximum absolute atomic E-state index is 11.2. The molecular weight excluding hydrogens is 396 g/mol. The Morgan fingerprint density at radius 3 is 2.48 bits per heavy atom. The van der Waals surface area contributed by atoms with Crippen molar-refractivity contribution in [1.82, 2.24) is 4.90 Å². The van der Waals surface area contributed by atoms with E-state index < -0.39 is 5.97 Å². The molecule has 2 aromatic rings. The van der Waals surface area contributed by atoms with Gasteiger partial charge in [0.05, 0.1) is 17.4 Å². The average Bonchev–Trinajstić information content (AvgIpc) is 2.71. The summed E-state index contributed by atoms with van der Waals surface area (Å²) < 4.78 is 6.14. The molecule has 164 valence electrons.